The molecule has 0 radical (unpaired) electrons. The average Bonchev–Trinajstić information content (AvgIpc) is 2.74. The standard InChI is InChI=1S/C22H20N2O3S/c1-27-17-13-11-16(12-14-17)15-23-21(25)22(26)24-19-9-5-6-10-20(19)28-18-7-3-2-4-8-18/h2-14H,15H2,1H3,(H,23,25)(H,24,26). The second-order valence-electron chi connectivity index (χ2n) is 5.90. The van der Waals surface area contributed by atoms with E-state index in [2.05, 4.69) is 10.6 Å². The second kappa shape index (κ2) is 9.62. The van der Waals surface area contributed by atoms with E-state index in [0.717, 1.165) is 21.1 Å². The van der Waals surface area contributed by atoms with E-state index in [1.54, 1.807) is 25.3 Å². The molecule has 0 aliphatic rings. The van der Waals surface area contributed by atoms with Crippen LogP contribution in [0.3, 0.4) is 0 Å². The van der Waals surface area contributed by atoms with E-state index < -0.39 is 11.8 Å². The minimum atomic E-state index is -0.699. The Morgan fingerprint density at radius 3 is 2.25 bits per heavy atom. The van der Waals surface area contributed by atoms with Crippen LogP contribution in [0, 0.1) is 0 Å². The molecule has 2 amide bonds. The lowest BCUT2D eigenvalue weighted by Crippen LogP contribution is -2.35. The van der Waals surface area contributed by atoms with Gasteiger partial charge in [0.1, 0.15) is 5.75 Å². The van der Waals surface area contributed by atoms with E-state index in [1.807, 2.05) is 60.7 Å². The van der Waals surface area contributed by atoms with Crippen LogP contribution in [-0.2, 0) is 16.1 Å². The Hall–Kier alpha value is -3.25. The Bertz CT molecular complexity index is 944. The molecule has 0 saturated carbocycles. The summed E-state index contributed by atoms with van der Waals surface area (Å²) in [6.07, 6.45) is 0. The van der Waals surface area contributed by atoms with Gasteiger partial charge in [-0.05, 0) is 42.0 Å². The molecular weight excluding hydrogens is 372 g/mol. The third-order valence-corrected chi connectivity index (χ3v) is 5.01. The predicted octanol–water partition coefficient (Wildman–Crippen LogP) is 4.10. The zero-order chi connectivity index (χ0) is 19.8. The zero-order valence-corrected chi connectivity index (χ0v) is 16.2. The lowest BCUT2D eigenvalue weighted by atomic mass is 10.2. The number of carbonyl (C=O) groups excluding carboxylic acids is 2. The van der Waals surface area contributed by atoms with E-state index in [9.17, 15) is 9.59 Å². The highest BCUT2D eigenvalue weighted by Crippen LogP contribution is 2.33. The molecular formula is C22H20N2O3S. The highest BCUT2D eigenvalue weighted by Gasteiger charge is 2.15. The molecule has 0 fully saturated rings. The van der Waals surface area contributed by atoms with E-state index in [1.165, 1.54) is 11.8 Å². The van der Waals surface area contributed by atoms with Gasteiger partial charge in [0.25, 0.3) is 0 Å². The first-order chi connectivity index (χ1) is 13.7. The van der Waals surface area contributed by atoms with Crippen molar-refractivity contribution in [3.63, 3.8) is 0 Å². The van der Waals surface area contributed by atoms with Crippen molar-refractivity contribution < 1.29 is 14.3 Å². The summed E-state index contributed by atoms with van der Waals surface area (Å²) < 4.78 is 5.10. The second-order valence-corrected chi connectivity index (χ2v) is 7.01. The van der Waals surface area contributed by atoms with Crippen LogP contribution in [0.4, 0.5) is 5.69 Å². The maximum atomic E-state index is 12.3. The molecule has 0 aliphatic carbocycles. The number of rotatable bonds is 6. The number of hydrogen-bond acceptors (Lipinski definition) is 4. The largest absolute Gasteiger partial charge is 0.497 e. The van der Waals surface area contributed by atoms with Crippen molar-refractivity contribution in [2.45, 2.75) is 16.3 Å². The Morgan fingerprint density at radius 1 is 0.857 bits per heavy atom. The first-order valence-electron chi connectivity index (χ1n) is 8.70. The van der Waals surface area contributed by atoms with Crippen molar-refractivity contribution in [2.75, 3.05) is 12.4 Å². The summed E-state index contributed by atoms with van der Waals surface area (Å²) in [5, 5.41) is 5.32. The Kier molecular flexibility index (Phi) is 6.70. The Labute approximate surface area is 168 Å². The molecule has 6 heteroatoms. The summed E-state index contributed by atoms with van der Waals surface area (Å²) in [5.41, 5.74) is 1.47. The molecule has 0 heterocycles. The molecule has 142 valence electrons. The monoisotopic (exact) mass is 392 g/mol. The number of hydrogen-bond donors (Lipinski definition) is 2. The van der Waals surface area contributed by atoms with Crippen LogP contribution in [-0.4, -0.2) is 18.9 Å². The summed E-state index contributed by atoms with van der Waals surface area (Å²) in [5.74, 6) is -0.648. The molecule has 0 saturated heterocycles. The number of nitrogens with one attached hydrogen (secondary N) is 2. The lowest BCUT2D eigenvalue weighted by Gasteiger charge is -2.11. The number of anilines is 1. The molecule has 0 aliphatic heterocycles. The third kappa shape index (κ3) is 5.37. The van der Waals surface area contributed by atoms with Crippen LogP contribution in [0.2, 0.25) is 0 Å². The molecule has 2 N–H and O–H groups in total. The van der Waals surface area contributed by atoms with Crippen LogP contribution < -0.4 is 15.4 Å². The minimum absolute atomic E-state index is 0.261. The topological polar surface area (TPSA) is 67.4 Å². The van der Waals surface area contributed by atoms with Gasteiger partial charge in [0.2, 0.25) is 0 Å². The normalized spacial score (nSPS) is 10.2. The number of ether oxygens (including phenoxy) is 1. The van der Waals surface area contributed by atoms with Gasteiger partial charge in [0, 0.05) is 16.3 Å². The minimum Gasteiger partial charge on any atom is -0.497 e. The lowest BCUT2D eigenvalue weighted by molar-refractivity contribution is -0.136. The van der Waals surface area contributed by atoms with Gasteiger partial charge in [-0.2, -0.15) is 0 Å². The maximum absolute atomic E-state index is 12.3. The van der Waals surface area contributed by atoms with Crippen LogP contribution in [0.25, 0.3) is 0 Å². The van der Waals surface area contributed by atoms with Gasteiger partial charge in [-0.25, -0.2) is 0 Å². The van der Waals surface area contributed by atoms with E-state index in [0.29, 0.717) is 5.69 Å². The third-order valence-electron chi connectivity index (χ3n) is 3.92. The van der Waals surface area contributed by atoms with Crippen molar-refractivity contribution in [3.8, 4) is 5.75 Å². The van der Waals surface area contributed by atoms with Crippen LogP contribution >= 0.6 is 11.8 Å². The van der Waals surface area contributed by atoms with Crippen molar-refractivity contribution in [2.24, 2.45) is 0 Å². The Balaban J connectivity index is 1.60. The van der Waals surface area contributed by atoms with Crippen LogP contribution in [0.1, 0.15) is 5.56 Å². The summed E-state index contributed by atoms with van der Waals surface area (Å²) >= 11 is 1.52. The summed E-state index contributed by atoms with van der Waals surface area (Å²) in [7, 11) is 1.59. The van der Waals surface area contributed by atoms with Gasteiger partial charge < -0.3 is 15.4 Å². The quantitative estimate of drug-likeness (QED) is 0.620. The zero-order valence-electron chi connectivity index (χ0n) is 15.3. The fourth-order valence-corrected chi connectivity index (χ4v) is 3.38. The molecule has 0 bridgehead atoms. The van der Waals surface area contributed by atoms with Gasteiger partial charge in [-0.15, -0.1) is 0 Å². The fraction of sp³-hybridized carbons (Fsp3) is 0.0909. The van der Waals surface area contributed by atoms with Gasteiger partial charge in [0.05, 0.1) is 12.8 Å². The molecule has 0 aromatic heterocycles. The van der Waals surface area contributed by atoms with Gasteiger partial charge in [-0.3, -0.25) is 9.59 Å². The number of methoxy groups -OCH3 is 1. The van der Waals surface area contributed by atoms with E-state index in [-0.39, 0.29) is 6.54 Å². The smallest absolute Gasteiger partial charge is 0.313 e. The molecule has 5 nitrogen and oxygen atoms in total. The molecule has 3 rings (SSSR count). The van der Waals surface area contributed by atoms with E-state index in [4.69, 9.17) is 4.74 Å². The molecule has 3 aromatic carbocycles. The van der Waals surface area contributed by atoms with Crippen molar-refractivity contribution in [1.29, 1.82) is 0 Å². The van der Waals surface area contributed by atoms with Gasteiger partial charge >= 0.3 is 11.8 Å². The highest BCUT2D eigenvalue weighted by atomic mass is 32.2. The number of benzene rings is 3. The Morgan fingerprint density at radius 2 is 1.54 bits per heavy atom. The number of carbonyl (C=O) groups is 2. The molecule has 3 aromatic rings. The average molecular weight is 392 g/mol. The highest BCUT2D eigenvalue weighted by molar-refractivity contribution is 7.99. The van der Waals surface area contributed by atoms with Gasteiger partial charge in [-0.1, -0.05) is 54.2 Å². The van der Waals surface area contributed by atoms with Gasteiger partial charge in [0.15, 0.2) is 0 Å². The molecule has 0 spiro atoms. The molecule has 0 unspecified atom stereocenters. The van der Waals surface area contributed by atoms with E-state index >= 15 is 0 Å². The first kappa shape index (κ1) is 19.5. The number of para-hydroxylation sites is 1. The van der Waals surface area contributed by atoms with Crippen LogP contribution in [0.5, 0.6) is 5.75 Å². The van der Waals surface area contributed by atoms with Crippen LogP contribution in [0.15, 0.2) is 88.7 Å². The molecule has 0 atom stereocenters. The first-order valence-corrected chi connectivity index (χ1v) is 9.51. The fourth-order valence-electron chi connectivity index (χ4n) is 2.46. The summed E-state index contributed by atoms with van der Waals surface area (Å²) in [6.45, 7) is 0.261. The predicted molar refractivity (Wildman–Crippen MR) is 110 cm³/mol. The summed E-state index contributed by atoms with van der Waals surface area (Å²) in [6, 6.07) is 24.5. The maximum Gasteiger partial charge on any atom is 0.313 e. The SMILES string of the molecule is COc1ccc(CNC(=O)C(=O)Nc2ccccc2Sc2ccccc2)cc1. The van der Waals surface area contributed by atoms with Crippen molar-refractivity contribution in [1.82, 2.24) is 5.32 Å². The van der Waals surface area contributed by atoms with Crippen molar-refractivity contribution in [3.05, 3.63) is 84.4 Å². The molecule has 28 heavy (non-hydrogen) atoms. The summed E-state index contributed by atoms with van der Waals surface area (Å²) in [4.78, 5) is 26.4. The number of amides is 2. The van der Waals surface area contributed by atoms with Crippen molar-refractivity contribution >= 4 is 29.3 Å².